The predicted octanol–water partition coefficient (Wildman–Crippen LogP) is 2.48. The van der Waals surface area contributed by atoms with Gasteiger partial charge in [-0.1, -0.05) is 37.6 Å². The lowest BCUT2D eigenvalue weighted by molar-refractivity contribution is 0.539. The van der Waals surface area contributed by atoms with E-state index in [1.165, 1.54) is 0 Å². The summed E-state index contributed by atoms with van der Waals surface area (Å²) in [7, 11) is 0. The highest BCUT2D eigenvalue weighted by molar-refractivity contribution is 6.30. The second-order valence-electron chi connectivity index (χ2n) is 4.50. The number of nitrogens with one attached hydrogen (secondary N) is 1. The third kappa shape index (κ3) is 3.55. The molecule has 0 saturated heterocycles. The van der Waals surface area contributed by atoms with Crippen LogP contribution in [-0.4, -0.2) is 20.8 Å². The molecule has 96 valence electrons. The molecule has 0 amide bonds. The van der Waals surface area contributed by atoms with Crippen LogP contribution in [0.2, 0.25) is 5.02 Å². The Balaban J connectivity index is 2.07. The van der Waals surface area contributed by atoms with E-state index >= 15 is 0 Å². The molecule has 0 radical (unpaired) electrons. The van der Waals surface area contributed by atoms with Gasteiger partial charge in [-0.05, 0) is 17.7 Å². The van der Waals surface area contributed by atoms with E-state index in [9.17, 15) is 0 Å². The van der Waals surface area contributed by atoms with Gasteiger partial charge in [-0.2, -0.15) is 5.10 Å². The van der Waals surface area contributed by atoms with Crippen LogP contribution in [0.4, 0.5) is 0 Å². The number of nitrogens with zero attached hydrogens (tertiary/aromatic N) is 3. The van der Waals surface area contributed by atoms with Crippen LogP contribution in [0.15, 0.2) is 30.6 Å². The van der Waals surface area contributed by atoms with Crippen molar-refractivity contribution in [2.45, 2.75) is 33.0 Å². The topological polar surface area (TPSA) is 42.7 Å². The first-order chi connectivity index (χ1) is 8.65. The van der Waals surface area contributed by atoms with E-state index in [0.717, 1.165) is 23.0 Å². The van der Waals surface area contributed by atoms with Gasteiger partial charge in [-0.15, -0.1) is 0 Å². The average Bonchev–Trinajstić information content (AvgIpc) is 2.74. The fraction of sp³-hybridized carbons (Fsp3) is 0.385. The molecule has 18 heavy (non-hydrogen) atoms. The normalized spacial score (nSPS) is 11.1. The molecule has 0 unspecified atom stereocenters. The summed E-state index contributed by atoms with van der Waals surface area (Å²) in [5.74, 6) is 0.934. The first-order valence-corrected chi connectivity index (χ1v) is 6.37. The lowest BCUT2D eigenvalue weighted by atomic mass is 10.2. The highest BCUT2D eigenvalue weighted by Crippen LogP contribution is 2.12. The Morgan fingerprint density at radius 2 is 2.22 bits per heavy atom. The standard InChI is InChI=1S/C13H17ClN4/c1-10(2)15-7-13-16-9-17-18(13)8-11-4-3-5-12(14)6-11/h3-6,9-10,15H,7-8H2,1-2H3. The zero-order chi connectivity index (χ0) is 13.0. The van der Waals surface area contributed by atoms with Gasteiger partial charge in [0, 0.05) is 11.1 Å². The molecule has 4 nitrogen and oxygen atoms in total. The van der Waals surface area contributed by atoms with Gasteiger partial charge in [0.2, 0.25) is 0 Å². The molecule has 0 aliphatic rings. The molecular weight excluding hydrogens is 248 g/mol. The zero-order valence-corrected chi connectivity index (χ0v) is 11.4. The SMILES string of the molecule is CC(C)NCc1ncnn1Cc1cccc(Cl)c1. The average molecular weight is 265 g/mol. The Kier molecular flexibility index (Phi) is 4.33. The van der Waals surface area contributed by atoms with Crippen molar-refractivity contribution >= 4 is 11.6 Å². The van der Waals surface area contributed by atoms with Gasteiger partial charge < -0.3 is 5.32 Å². The number of halogens is 1. The fourth-order valence-electron chi connectivity index (χ4n) is 1.66. The Bertz CT molecular complexity index is 507. The Morgan fingerprint density at radius 3 is 2.94 bits per heavy atom. The van der Waals surface area contributed by atoms with Gasteiger partial charge in [-0.3, -0.25) is 0 Å². The van der Waals surface area contributed by atoms with Crippen molar-refractivity contribution < 1.29 is 0 Å². The van der Waals surface area contributed by atoms with Crippen molar-refractivity contribution in [3.8, 4) is 0 Å². The van der Waals surface area contributed by atoms with Crippen LogP contribution >= 0.6 is 11.6 Å². The van der Waals surface area contributed by atoms with Crippen molar-refractivity contribution in [2.24, 2.45) is 0 Å². The summed E-state index contributed by atoms with van der Waals surface area (Å²) < 4.78 is 1.89. The largest absolute Gasteiger partial charge is 0.308 e. The molecule has 0 spiro atoms. The molecule has 2 aromatic rings. The van der Waals surface area contributed by atoms with E-state index in [1.807, 2.05) is 28.9 Å². The van der Waals surface area contributed by atoms with Crippen LogP contribution < -0.4 is 5.32 Å². The second kappa shape index (κ2) is 5.98. The maximum Gasteiger partial charge on any atom is 0.141 e. The molecule has 5 heteroatoms. The summed E-state index contributed by atoms with van der Waals surface area (Å²) in [5, 5.41) is 8.32. The van der Waals surface area contributed by atoms with E-state index in [2.05, 4.69) is 29.2 Å². The van der Waals surface area contributed by atoms with E-state index in [-0.39, 0.29) is 0 Å². The lowest BCUT2D eigenvalue weighted by Crippen LogP contribution is -2.24. The molecule has 0 aliphatic heterocycles. The fourth-order valence-corrected chi connectivity index (χ4v) is 1.87. The summed E-state index contributed by atoms with van der Waals surface area (Å²) in [4.78, 5) is 4.26. The highest BCUT2D eigenvalue weighted by Gasteiger charge is 2.05. The van der Waals surface area contributed by atoms with Crippen LogP contribution in [0.3, 0.4) is 0 Å². The number of rotatable bonds is 5. The highest BCUT2D eigenvalue weighted by atomic mass is 35.5. The number of benzene rings is 1. The summed E-state index contributed by atoms with van der Waals surface area (Å²) in [6.45, 7) is 5.63. The van der Waals surface area contributed by atoms with E-state index in [1.54, 1.807) is 6.33 Å². The molecule has 1 aromatic carbocycles. The maximum absolute atomic E-state index is 5.97. The van der Waals surface area contributed by atoms with Crippen molar-refractivity contribution in [3.05, 3.63) is 47.0 Å². The van der Waals surface area contributed by atoms with E-state index in [0.29, 0.717) is 12.6 Å². The number of hydrogen-bond acceptors (Lipinski definition) is 3. The molecule has 0 bridgehead atoms. The summed E-state index contributed by atoms with van der Waals surface area (Å²) >= 11 is 5.97. The zero-order valence-electron chi connectivity index (χ0n) is 10.6. The van der Waals surface area contributed by atoms with E-state index in [4.69, 9.17) is 11.6 Å². The number of hydrogen-bond donors (Lipinski definition) is 1. The summed E-state index contributed by atoms with van der Waals surface area (Å²) in [6, 6.07) is 8.23. The third-order valence-electron chi connectivity index (χ3n) is 2.59. The third-order valence-corrected chi connectivity index (χ3v) is 2.82. The molecule has 0 fully saturated rings. The minimum absolute atomic E-state index is 0.432. The van der Waals surface area contributed by atoms with Gasteiger partial charge in [-0.25, -0.2) is 9.67 Å². The Hall–Kier alpha value is -1.39. The smallest absolute Gasteiger partial charge is 0.141 e. The molecule has 0 aliphatic carbocycles. The molecule has 1 aromatic heterocycles. The van der Waals surface area contributed by atoms with Gasteiger partial charge in [0.15, 0.2) is 0 Å². The van der Waals surface area contributed by atoms with Crippen LogP contribution in [-0.2, 0) is 13.1 Å². The van der Waals surface area contributed by atoms with Gasteiger partial charge in [0.1, 0.15) is 12.2 Å². The van der Waals surface area contributed by atoms with Gasteiger partial charge in [0.25, 0.3) is 0 Å². The molecule has 2 rings (SSSR count). The molecule has 1 N–H and O–H groups in total. The molecule has 0 atom stereocenters. The lowest BCUT2D eigenvalue weighted by Gasteiger charge is -2.09. The first kappa shape index (κ1) is 13.1. The van der Waals surface area contributed by atoms with Crippen LogP contribution in [0.5, 0.6) is 0 Å². The number of aromatic nitrogens is 3. The minimum Gasteiger partial charge on any atom is -0.308 e. The Morgan fingerprint density at radius 1 is 1.39 bits per heavy atom. The molecule has 1 heterocycles. The van der Waals surface area contributed by atoms with Crippen LogP contribution in [0.1, 0.15) is 25.2 Å². The predicted molar refractivity (Wildman–Crippen MR) is 72.6 cm³/mol. The van der Waals surface area contributed by atoms with Crippen LogP contribution in [0, 0.1) is 0 Å². The van der Waals surface area contributed by atoms with Crippen molar-refractivity contribution in [1.29, 1.82) is 0 Å². The van der Waals surface area contributed by atoms with Crippen molar-refractivity contribution in [2.75, 3.05) is 0 Å². The van der Waals surface area contributed by atoms with Crippen molar-refractivity contribution in [1.82, 2.24) is 20.1 Å². The molecule has 0 saturated carbocycles. The van der Waals surface area contributed by atoms with Crippen molar-refractivity contribution in [3.63, 3.8) is 0 Å². The second-order valence-corrected chi connectivity index (χ2v) is 4.94. The maximum atomic E-state index is 5.97. The van der Waals surface area contributed by atoms with Gasteiger partial charge in [0.05, 0.1) is 13.1 Å². The minimum atomic E-state index is 0.432. The first-order valence-electron chi connectivity index (χ1n) is 5.99. The van der Waals surface area contributed by atoms with Crippen LogP contribution in [0.25, 0.3) is 0 Å². The quantitative estimate of drug-likeness (QED) is 0.902. The van der Waals surface area contributed by atoms with Gasteiger partial charge >= 0.3 is 0 Å². The monoisotopic (exact) mass is 264 g/mol. The molecular formula is C13H17ClN4. The van der Waals surface area contributed by atoms with E-state index < -0.39 is 0 Å². The Labute approximate surface area is 112 Å². The summed E-state index contributed by atoms with van der Waals surface area (Å²) in [5.41, 5.74) is 1.12. The summed E-state index contributed by atoms with van der Waals surface area (Å²) in [6.07, 6.45) is 1.59.